The van der Waals surface area contributed by atoms with E-state index in [2.05, 4.69) is 26.1 Å². The zero-order valence-corrected chi connectivity index (χ0v) is 8.76. The largest absolute Gasteiger partial charge is 0.309 e. The summed E-state index contributed by atoms with van der Waals surface area (Å²) in [6.07, 6.45) is -1.76. The Morgan fingerprint density at radius 2 is 2.15 bits per heavy atom. The standard InChI is InChI=1S/C7H10BrF2N3/c1-2-3-13-5(4-8)11-12-7(13)6(9)10/h6H,2-4H2,1H3. The van der Waals surface area contributed by atoms with Crippen LogP contribution in [0.3, 0.4) is 0 Å². The first-order valence-electron chi connectivity index (χ1n) is 3.96. The van der Waals surface area contributed by atoms with Crippen molar-refractivity contribution in [2.75, 3.05) is 0 Å². The van der Waals surface area contributed by atoms with Crippen molar-refractivity contribution in [3.63, 3.8) is 0 Å². The lowest BCUT2D eigenvalue weighted by molar-refractivity contribution is 0.134. The Kier molecular flexibility index (Phi) is 3.77. The van der Waals surface area contributed by atoms with Crippen molar-refractivity contribution in [2.24, 2.45) is 0 Å². The lowest BCUT2D eigenvalue weighted by atomic mass is 10.4. The van der Waals surface area contributed by atoms with Gasteiger partial charge in [-0.3, -0.25) is 0 Å². The second-order valence-corrected chi connectivity index (χ2v) is 3.12. The average molecular weight is 254 g/mol. The van der Waals surface area contributed by atoms with Gasteiger partial charge in [-0.15, -0.1) is 10.2 Å². The highest BCUT2D eigenvalue weighted by molar-refractivity contribution is 9.08. The Bertz CT molecular complexity index is 275. The Morgan fingerprint density at radius 1 is 1.46 bits per heavy atom. The van der Waals surface area contributed by atoms with E-state index in [0.717, 1.165) is 6.42 Å². The van der Waals surface area contributed by atoms with Gasteiger partial charge in [0.1, 0.15) is 5.82 Å². The molecule has 0 N–H and O–H groups in total. The van der Waals surface area contributed by atoms with E-state index >= 15 is 0 Å². The lowest BCUT2D eigenvalue weighted by Crippen LogP contribution is -2.06. The fraction of sp³-hybridized carbons (Fsp3) is 0.714. The maximum atomic E-state index is 12.4. The third-order valence-electron chi connectivity index (χ3n) is 1.62. The van der Waals surface area contributed by atoms with Crippen LogP contribution in [0, 0.1) is 0 Å². The Hall–Kier alpha value is -0.520. The summed E-state index contributed by atoms with van der Waals surface area (Å²) < 4.78 is 26.2. The summed E-state index contributed by atoms with van der Waals surface area (Å²) in [6, 6.07) is 0. The first kappa shape index (κ1) is 10.6. The topological polar surface area (TPSA) is 30.7 Å². The molecule has 0 aliphatic carbocycles. The van der Waals surface area contributed by atoms with Gasteiger partial charge < -0.3 is 4.57 Å². The summed E-state index contributed by atoms with van der Waals surface area (Å²) in [5.74, 6) is 0.313. The predicted molar refractivity (Wildman–Crippen MR) is 47.9 cm³/mol. The van der Waals surface area contributed by atoms with E-state index in [4.69, 9.17) is 0 Å². The molecule has 0 radical (unpaired) electrons. The molecule has 0 amide bonds. The molecular weight excluding hydrogens is 244 g/mol. The molecule has 0 saturated heterocycles. The van der Waals surface area contributed by atoms with Gasteiger partial charge in [0.15, 0.2) is 5.82 Å². The second kappa shape index (κ2) is 4.64. The molecule has 1 aromatic rings. The van der Waals surface area contributed by atoms with Crippen molar-refractivity contribution in [3.05, 3.63) is 11.6 Å². The van der Waals surface area contributed by atoms with E-state index in [9.17, 15) is 8.78 Å². The number of alkyl halides is 3. The van der Waals surface area contributed by atoms with Crippen LogP contribution in [0.1, 0.15) is 31.4 Å². The first-order chi connectivity index (χ1) is 6.20. The van der Waals surface area contributed by atoms with Crippen molar-refractivity contribution in [1.29, 1.82) is 0 Å². The molecule has 0 spiro atoms. The van der Waals surface area contributed by atoms with Crippen molar-refractivity contribution in [1.82, 2.24) is 14.8 Å². The van der Waals surface area contributed by atoms with E-state index in [1.165, 1.54) is 4.57 Å². The van der Waals surface area contributed by atoms with Crippen molar-refractivity contribution in [3.8, 4) is 0 Å². The van der Waals surface area contributed by atoms with Crippen molar-refractivity contribution < 1.29 is 8.78 Å². The average Bonchev–Trinajstić information content (AvgIpc) is 2.48. The zero-order chi connectivity index (χ0) is 9.84. The minimum atomic E-state index is -2.55. The molecule has 74 valence electrons. The van der Waals surface area contributed by atoms with E-state index < -0.39 is 6.43 Å². The maximum absolute atomic E-state index is 12.4. The van der Waals surface area contributed by atoms with Gasteiger partial charge in [-0.2, -0.15) is 0 Å². The van der Waals surface area contributed by atoms with E-state index in [0.29, 0.717) is 17.7 Å². The fourth-order valence-corrected chi connectivity index (χ4v) is 1.49. The second-order valence-electron chi connectivity index (χ2n) is 2.56. The fourth-order valence-electron chi connectivity index (χ4n) is 1.08. The summed E-state index contributed by atoms with van der Waals surface area (Å²) in [7, 11) is 0. The van der Waals surface area contributed by atoms with Crippen LogP contribution in [0.5, 0.6) is 0 Å². The van der Waals surface area contributed by atoms with Crippen LogP contribution in [0.4, 0.5) is 8.78 Å². The normalized spacial score (nSPS) is 11.2. The third kappa shape index (κ3) is 2.24. The minimum absolute atomic E-state index is 0.240. The molecule has 0 fully saturated rings. The molecule has 0 aromatic carbocycles. The molecular formula is C7H10BrF2N3. The summed E-state index contributed by atoms with van der Waals surface area (Å²) in [5.41, 5.74) is 0. The number of nitrogens with zero attached hydrogens (tertiary/aromatic N) is 3. The molecule has 13 heavy (non-hydrogen) atoms. The molecule has 6 heteroatoms. The van der Waals surface area contributed by atoms with Gasteiger partial charge in [-0.25, -0.2) is 8.78 Å². The van der Waals surface area contributed by atoms with Gasteiger partial charge in [0, 0.05) is 6.54 Å². The van der Waals surface area contributed by atoms with Crippen LogP contribution in [0.2, 0.25) is 0 Å². The smallest absolute Gasteiger partial charge is 0.297 e. The van der Waals surface area contributed by atoms with Gasteiger partial charge in [-0.1, -0.05) is 22.9 Å². The third-order valence-corrected chi connectivity index (χ3v) is 2.12. The van der Waals surface area contributed by atoms with Crippen LogP contribution in [-0.2, 0) is 11.9 Å². The quantitative estimate of drug-likeness (QED) is 0.773. The highest BCUT2D eigenvalue weighted by Gasteiger charge is 2.18. The lowest BCUT2D eigenvalue weighted by Gasteiger charge is -2.05. The number of aromatic nitrogens is 3. The van der Waals surface area contributed by atoms with Crippen molar-refractivity contribution in [2.45, 2.75) is 31.6 Å². The van der Waals surface area contributed by atoms with E-state index in [-0.39, 0.29) is 5.82 Å². The summed E-state index contributed by atoms with van der Waals surface area (Å²) >= 11 is 3.17. The van der Waals surface area contributed by atoms with Gasteiger partial charge in [0.2, 0.25) is 0 Å². The maximum Gasteiger partial charge on any atom is 0.297 e. The number of hydrogen-bond acceptors (Lipinski definition) is 2. The predicted octanol–water partition coefficient (Wildman–Crippen LogP) is 2.52. The number of rotatable bonds is 4. The molecule has 1 aromatic heterocycles. The number of hydrogen-bond donors (Lipinski definition) is 0. The highest BCUT2D eigenvalue weighted by atomic mass is 79.9. The first-order valence-corrected chi connectivity index (χ1v) is 5.09. The molecule has 0 atom stereocenters. The zero-order valence-electron chi connectivity index (χ0n) is 7.17. The summed E-state index contributed by atoms with van der Waals surface area (Å²) in [5, 5.41) is 7.55. The van der Waals surface area contributed by atoms with Crippen LogP contribution in [0.15, 0.2) is 0 Å². The molecule has 0 saturated carbocycles. The number of halogens is 3. The molecule has 1 rings (SSSR count). The summed E-state index contributed by atoms with van der Waals surface area (Å²) in [4.78, 5) is 0. The molecule has 0 unspecified atom stereocenters. The highest BCUT2D eigenvalue weighted by Crippen LogP contribution is 2.18. The monoisotopic (exact) mass is 253 g/mol. The van der Waals surface area contributed by atoms with E-state index in [1.54, 1.807) is 0 Å². The Morgan fingerprint density at radius 3 is 2.62 bits per heavy atom. The van der Waals surface area contributed by atoms with Gasteiger partial charge in [0.25, 0.3) is 6.43 Å². The minimum Gasteiger partial charge on any atom is -0.309 e. The molecule has 0 aliphatic rings. The van der Waals surface area contributed by atoms with Crippen LogP contribution < -0.4 is 0 Å². The summed E-state index contributed by atoms with van der Waals surface area (Å²) in [6.45, 7) is 2.46. The molecule has 0 aliphatic heterocycles. The van der Waals surface area contributed by atoms with Gasteiger partial charge in [0.05, 0.1) is 5.33 Å². The Balaban J connectivity index is 2.99. The van der Waals surface area contributed by atoms with Crippen LogP contribution in [-0.4, -0.2) is 14.8 Å². The molecule has 3 nitrogen and oxygen atoms in total. The van der Waals surface area contributed by atoms with Gasteiger partial charge in [-0.05, 0) is 6.42 Å². The Labute approximate surface area is 83.3 Å². The molecule has 0 bridgehead atoms. The van der Waals surface area contributed by atoms with Crippen LogP contribution in [0.25, 0.3) is 0 Å². The molecule has 1 heterocycles. The SMILES string of the molecule is CCCn1c(CBr)nnc1C(F)F. The van der Waals surface area contributed by atoms with Gasteiger partial charge >= 0.3 is 0 Å². The van der Waals surface area contributed by atoms with E-state index in [1.807, 2.05) is 6.92 Å². The van der Waals surface area contributed by atoms with Crippen molar-refractivity contribution >= 4 is 15.9 Å². The van der Waals surface area contributed by atoms with Crippen LogP contribution >= 0.6 is 15.9 Å².